The lowest BCUT2D eigenvalue weighted by Crippen LogP contribution is -2.19. The fraction of sp³-hybridized carbons (Fsp3) is 0.474. The molecule has 0 radical (unpaired) electrons. The van der Waals surface area contributed by atoms with Gasteiger partial charge in [-0.3, -0.25) is 0 Å². The van der Waals surface area contributed by atoms with Crippen LogP contribution in [0.2, 0.25) is 0 Å². The van der Waals surface area contributed by atoms with Gasteiger partial charge in [-0.2, -0.15) is 0 Å². The highest BCUT2D eigenvalue weighted by molar-refractivity contribution is 9.10. The van der Waals surface area contributed by atoms with Crippen LogP contribution in [-0.4, -0.2) is 0 Å². The van der Waals surface area contributed by atoms with Crippen molar-refractivity contribution in [1.29, 1.82) is 0 Å². The van der Waals surface area contributed by atoms with E-state index in [1.807, 2.05) is 0 Å². The molecule has 110 valence electrons. The second-order valence-electron chi connectivity index (χ2n) is 6.96. The zero-order valence-corrected chi connectivity index (χ0v) is 13.9. The summed E-state index contributed by atoms with van der Waals surface area (Å²) in [4.78, 5) is 0. The first-order valence-electron chi connectivity index (χ1n) is 8.15. The largest absolute Gasteiger partial charge is 0.324 e. The highest BCUT2D eigenvalue weighted by atomic mass is 79.9. The maximum atomic E-state index is 6.61. The van der Waals surface area contributed by atoms with Crippen LogP contribution in [0, 0.1) is 17.8 Å². The van der Waals surface area contributed by atoms with Crippen LogP contribution >= 0.6 is 15.9 Å². The van der Waals surface area contributed by atoms with Gasteiger partial charge in [0.1, 0.15) is 0 Å². The zero-order chi connectivity index (χ0) is 14.4. The third-order valence-corrected chi connectivity index (χ3v) is 6.44. The molecule has 0 amide bonds. The van der Waals surface area contributed by atoms with Gasteiger partial charge in [-0.25, -0.2) is 0 Å². The summed E-state index contributed by atoms with van der Waals surface area (Å²) in [5.41, 5.74) is 7.92. The molecule has 2 bridgehead atoms. The van der Waals surface area contributed by atoms with Gasteiger partial charge in [0.25, 0.3) is 0 Å². The molecule has 2 aromatic carbocycles. The highest BCUT2D eigenvalue weighted by Crippen LogP contribution is 2.51. The fourth-order valence-corrected chi connectivity index (χ4v) is 5.21. The monoisotopic (exact) mass is 343 g/mol. The van der Waals surface area contributed by atoms with Crippen LogP contribution in [0.3, 0.4) is 0 Å². The summed E-state index contributed by atoms with van der Waals surface area (Å²) >= 11 is 3.65. The number of hydrogen-bond acceptors (Lipinski definition) is 1. The fourth-order valence-electron chi connectivity index (χ4n) is 4.73. The van der Waals surface area contributed by atoms with E-state index in [4.69, 9.17) is 5.73 Å². The van der Waals surface area contributed by atoms with E-state index >= 15 is 0 Å². The van der Waals surface area contributed by atoms with Crippen molar-refractivity contribution in [2.24, 2.45) is 23.5 Å². The molecule has 21 heavy (non-hydrogen) atoms. The predicted molar refractivity (Wildman–Crippen MR) is 92.1 cm³/mol. The van der Waals surface area contributed by atoms with Gasteiger partial charge in [-0.15, -0.1) is 0 Å². The molecule has 2 aromatic rings. The quantitative estimate of drug-likeness (QED) is 0.789. The summed E-state index contributed by atoms with van der Waals surface area (Å²) in [6.07, 6.45) is 6.97. The third-order valence-electron chi connectivity index (χ3n) is 5.75. The van der Waals surface area contributed by atoms with Gasteiger partial charge >= 0.3 is 0 Å². The second-order valence-corrected chi connectivity index (χ2v) is 7.81. The minimum Gasteiger partial charge on any atom is -0.324 e. The number of halogens is 1. The van der Waals surface area contributed by atoms with Gasteiger partial charge in [0.2, 0.25) is 0 Å². The van der Waals surface area contributed by atoms with E-state index in [1.54, 1.807) is 0 Å². The van der Waals surface area contributed by atoms with E-state index in [0.29, 0.717) is 0 Å². The van der Waals surface area contributed by atoms with Gasteiger partial charge in [0, 0.05) is 10.5 Å². The Morgan fingerprint density at radius 1 is 1.05 bits per heavy atom. The van der Waals surface area contributed by atoms with Crippen molar-refractivity contribution in [3.05, 3.63) is 46.4 Å². The summed E-state index contributed by atoms with van der Waals surface area (Å²) in [7, 11) is 0. The molecule has 2 aliphatic carbocycles. The molecular formula is C19H22BrN. The van der Waals surface area contributed by atoms with Crippen LogP contribution in [-0.2, 0) is 0 Å². The number of rotatable bonds is 3. The average molecular weight is 344 g/mol. The van der Waals surface area contributed by atoms with E-state index in [9.17, 15) is 0 Å². The summed E-state index contributed by atoms with van der Waals surface area (Å²) in [6.45, 7) is 0. The molecule has 1 nitrogen and oxygen atoms in total. The first-order chi connectivity index (χ1) is 10.2. The molecule has 2 N–H and O–H groups in total. The summed E-state index contributed by atoms with van der Waals surface area (Å²) in [5.74, 6) is 2.83. The Morgan fingerprint density at radius 3 is 2.57 bits per heavy atom. The average Bonchev–Trinajstić information content (AvgIpc) is 3.10. The first kappa shape index (κ1) is 13.8. The maximum Gasteiger partial charge on any atom is 0.0303 e. The summed E-state index contributed by atoms with van der Waals surface area (Å²) in [5, 5.41) is 2.58. The highest BCUT2D eigenvalue weighted by Gasteiger charge is 2.39. The van der Waals surface area contributed by atoms with Gasteiger partial charge < -0.3 is 5.73 Å². The Kier molecular flexibility index (Phi) is 3.55. The molecule has 0 heterocycles. The number of hydrogen-bond donors (Lipinski definition) is 1. The molecule has 0 aliphatic heterocycles. The van der Waals surface area contributed by atoms with E-state index in [2.05, 4.69) is 52.3 Å². The van der Waals surface area contributed by atoms with E-state index in [0.717, 1.165) is 28.6 Å². The molecule has 2 saturated carbocycles. The SMILES string of the molecule is NC(CC1CC2CCC1C2)c1ccc(Br)c2ccccc12. The zero-order valence-electron chi connectivity index (χ0n) is 12.3. The molecule has 2 fully saturated rings. The topological polar surface area (TPSA) is 26.0 Å². The smallest absolute Gasteiger partial charge is 0.0303 e. The molecule has 4 unspecified atom stereocenters. The summed E-state index contributed by atoms with van der Waals surface area (Å²) < 4.78 is 1.16. The van der Waals surface area contributed by atoms with Gasteiger partial charge in [0.15, 0.2) is 0 Å². The Hall–Kier alpha value is -0.860. The third kappa shape index (κ3) is 2.43. The number of fused-ring (bicyclic) bond motifs is 3. The predicted octanol–water partition coefficient (Wildman–Crippen LogP) is 5.43. The molecule has 2 aliphatic rings. The molecule has 0 spiro atoms. The van der Waals surface area contributed by atoms with Crippen molar-refractivity contribution < 1.29 is 0 Å². The van der Waals surface area contributed by atoms with E-state index in [-0.39, 0.29) is 6.04 Å². The van der Waals surface area contributed by atoms with E-state index in [1.165, 1.54) is 42.0 Å². The Morgan fingerprint density at radius 2 is 1.86 bits per heavy atom. The normalized spacial score (nSPS) is 29.1. The Labute approximate surface area is 135 Å². The molecule has 4 atom stereocenters. The van der Waals surface area contributed by atoms with Gasteiger partial charge in [0.05, 0.1) is 0 Å². The Balaban J connectivity index is 1.62. The minimum absolute atomic E-state index is 0.173. The second kappa shape index (κ2) is 5.40. The maximum absolute atomic E-state index is 6.61. The molecular weight excluding hydrogens is 322 g/mol. The van der Waals surface area contributed by atoms with Crippen molar-refractivity contribution in [2.75, 3.05) is 0 Å². The standard InChI is InChI=1S/C19H22BrN/c20-18-8-7-17(15-3-1-2-4-16(15)18)19(21)11-14-10-12-5-6-13(14)9-12/h1-4,7-8,12-14,19H,5-6,9-11,21H2. The van der Waals surface area contributed by atoms with Crippen LogP contribution in [0.4, 0.5) is 0 Å². The van der Waals surface area contributed by atoms with Crippen molar-refractivity contribution >= 4 is 26.7 Å². The van der Waals surface area contributed by atoms with E-state index < -0.39 is 0 Å². The minimum atomic E-state index is 0.173. The van der Waals surface area contributed by atoms with Crippen molar-refractivity contribution in [3.8, 4) is 0 Å². The first-order valence-corrected chi connectivity index (χ1v) is 8.94. The number of nitrogens with two attached hydrogens (primary N) is 1. The molecule has 2 heteroatoms. The summed E-state index contributed by atoms with van der Waals surface area (Å²) in [6, 6.07) is 13.1. The lowest BCUT2D eigenvalue weighted by molar-refractivity contribution is 0.296. The van der Waals surface area contributed by atoms with Crippen LogP contribution in [0.1, 0.15) is 43.7 Å². The van der Waals surface area contributed by atoms with Gasteiger partial charge in [-0.05, 0) is 65.8 Å². The van der Waals surface area contributed by atoms with Crippen LogP contribution in [0.25, 0.3) is 10.8 Å². The molecule has 0 saturated heterocycles. The molecule has 0 aromatic heterocycles. The lowest BCUT2D eigenvalue weighted by atomic mass is 9.82. The van der Waals surface area contributed by atoms with Crippen LogP contribution in [0.5, 0.6) is 0 Å². The lowest BCUT2D eigenvalue weighted by Gasteiger charge is -2.25. The van der Waals surface area contributed by atoms with Crippen molar-refractivity contribution in [2.45, 2.75) is 38.1 Å². The number of benzene rings is 2. The Bertz CT molecular complexity index is 666. The van der Waals surface area contributed by atoms with Crippen LogP contribution < -0.4 is 5.73 Å². The van der Waals surface area contributed by atoms with Crippen molar-refractivity contribution in [1.82, 2.24) is 0 Å². The van der Waals surface area contributed by atoms with Crippen molar-refractivity contribution in [3.63, 3.8) is 0 Å². The molecule has 4 rings (SSSR count). The van der Waals surface area contributed by atoms with Gasteiger partial charge in [-0.1, -0.05) is 52.7 Å². The van der Waals surface area contributed by atoms with Crippen LogP contribution in [0.15, 0.2) is 40.9 Å².